The number of piperazine rings is 1. The van der Waals surface area contributed by atoms with E-state index < -0.39 is 0 Å². The molecule has 1 aromatic carbocycles. The maximum atomic E-state index is 13.8. The van der Waals surface area contributed by atoms with E-state index in [2.05, 4.69) is 42.7 Å². The zero-order chi connectivity index (χ0) is 22.8. The third-order valence-electron chi connectivity index (χ3n) is 6.15. The molecule has 0 bridgehead atoms. The Hall–Kier alpha value is -3.71. The second-order valence-corrected chi connectivity index (χ2v) is 8.45. The van der Waals surface area contributed by atoms with Crippen LogP contribution in [0.2, 0.25) is 0 Å². The number of amides is 1. The third kappa shape index (κ3) is 4.59. The van der Waals surface area contributed by atoms with Crippen LogP contribution in [0.3, 0.4) is 0 Å². The second kappa shape index (κ2) is 9.03. The summed E-state index contributed by atoms with van der Waals surface area (Å²) in [7, 11) is 0. The number of benzene rings is 1. The van der Waals surface area contributed by atoms with Crippen molar-refractivity contribution >= 4 is 22.9 Å². The van der Waals surface area contributed by atoms with Crippen LogP contribution in [0.15, 0.2) is 73.2 Å². The summed E-state index contributed by atoms with van der Waals surface area (Å²) in [5.74, 6) is 0.474. The number of halogens is 1. The van der Waals surface area contributed by atoms with Crippen molar-refractivity contribution in [2.45, 2.75) is 13.5 Å². The SMILES string of the molecule is Cc1ccc(NC(=O)c2ccc3ccc(N4CCN(Cc5cccnc5)CC4)n3c2)cc1F. The molecule has 1 amide bonds. The van der Waals surface area contributed by atoms with E-state index in [1.807, 2.05) is 24.5 Å². The fraction of sp³-hybridized carbons (Fsp3) is 0.231. The van der Waals surface area contributed by atoms with E-state index >= 15 is 0 Å². The number of carbonyl (C=O) groups excluding carboxylic acids is 1. The molecular weight excluding hydrogens is 417 g/mol. The molecular formula is C26H26FN5O. The van der Waals surface area contributed by atoms with Crippen molar-refractivity contribution in [3.05, 3.63) is 95.7 Å². The van der Waals surface area contributed by atoms with Gasteiger partial charge in [0.05, 0.1) is 5.56 Å². The van der Waals surface area contributed by atoms with Crippen molar-refractivity contribution in [2.75, 3.05) is 36.4 Å². The maximum Gasteiger partial charge on any atom is 0.257 e. The van der Waals surface area contributed by atoms with Crippen molar-refractivity contribution in [1.29, 1.82) is 0 Å². The Morgan fingerprint density at radius 2 is 1.88 bits per heavy atom. The number of anilines is 2. The van der Waals surface area contributed by atoms with Gasteiger partial charge in [-0.3, -0.25) is 14.7 Å². The van der Waals surface area contributed by atoms with E-state index in [-0.39, 0.29) is 11.7 Å². The fourth-order valence-electron chi connectivity index (χ4n) is 4.24. The molecule has 168 valence electrons. The Bertz CT molecular complexity index is 1280. The largest absolute Gasteiger partial charge is 0.355 e. The molecule has 7 heteroatoms. The summed E-state index contributed by atoms with van der Waals surface area (Å²) in [4.78, 5) is 21.8. The first kappa shape index (κ1) is 21.2. The summed E-state index contributed by atoms with van der Waals surface area (Å²) in [6.07, 6.45) is 5.57. The lowest BCUT2D eigenvalue weighted by molar-refractivity contribution is 0.102. The number of hydrogen-bond donors (Lipinski definition) is 1. The molecule has 4 heterocycles. The smallest absolute Gasteiger partial charge is 0.257 e. The van der Waals surface area contributed by atoms with Gasteiger partial charge < -0.3 is 14.6 Å². The van der Waals surface area contributed by atoms with Crippen LogP contribution in [0.4, 0.5) is 15.9 Å². The van der Waals surface area contributed by atoms with Gasteiger partial charge in [0.25, 0.3) is 5.91 Å². The standard InChI is InChI=1S/C26H26FN5O/c1-19-4-6-22(15-24(19)27)29-26(33)21-5-7-23-8-9-25(32(23)18-21)31-13-11-30(12-14-31)17-20-3-2-10-28-16-20/h2-10,15-16,18H,11-14,17H2,1H3,(H,29,33). The van der Waals surface area contributed by atoms with E-state index in [4.69, 9.17) is 0 Å². The zero-order valence-electron chi connectivity index (χ0n) is 18.5. The van der Waals surface area contributed by atoms with Crippen LogP contribution in [0, 0.1) is 12.7 Å². The maximum absolute atomic E-state index is 13.8. The molecule has 5 rings (SSSR count). The molecule has 6 nitrogen and oxygen atoms in total. The molecule has 1 fully saturated rings. The quantitative estimate of drug-likeness (QED) is 0.498. The van der Waals surface area contributed by atoms with Gasteiger partial charge in [-0.1, -0.05) is 12.1 Å². The molecule has 0 radical (unpaired) electrons. The molecule has 1 aliphatic heterocycles. The molecule has 0 atom stereocenters. The van der Waals surface area contributed by atoms with Crippen LogP contribution >= 0.6 is 0 Å². The van der Waals surface area contributed by atoms with Gasteiger partial charge in [0.2, 0.25) is 0 Å². The molecule has 1 saturated heterocycles. The lowest BCUT2D eigenvalue weighted by Gasteiger charge is -2.35. The van der Waals surface area contributed by atoms with Gasteiger partial charge in [0, 0.05) is 62.5 Å². The van der Waals surface area contributed by atoms with Crippen LogP contribution in [-0.4, -0.2) is 46.4 Å². The average Bonchev–Trinajstić information content (AvgIpc) is 3.26. The molecule has 0 unspecified atom stereocenters. The Morgan fingerprint density at radius 1 is 1.06 bits per heavy atom. The summed E-state index contributed by atoms with van der Waals surface area (Å²) in [6, 6.07) is 16.7. The van der Waals surface area contributed by atoms with Gasteiger partial charge >= 0.3 is 0 Å². The first-order valence-corrected chi connectivity index (χ1v) is 11.1. The molecule has 3 aromatic heterocycles. The van der Waals surface area contributed by atoms with Crippen LogP contribution in [0.25, 0.3) is 5.52 Å². The summed E-state index contributed by atoms with van der Waals surface area (Å²) >= 11 is 0. The minimum absolute atomic E-state index is 0.263. The summed E-state index contributed by atoms with van der Waals surface area (Å²) in [5.41, 5.74) is 3.77. The first-order valence-electron chi connectivity index (χ1n) is 11.1. The van der Waals surface area contributed by atoms with Gasteiger partial charge in [0.15, 0.2) is 0 Å². The Balaban J connectivity index is 1.29. The highest BCUT2D eigenvalue weighted by atomic mass is 19.1. The number of fused-ring (bicyclic) bond motifs is 1. The van der Waals surface area contributed by atoms with Crippen LogP contribution in [0.5, 0.6) is 0 Å². The number of nitrogens with one attached hydrogen (secondary N) is 1. The molecule has 0 saturated carbocycles. The minimum Gasteiger partial charge on any atom is -0.355 e. The van der Waals surface area contributed by atoms with E-state index in [0.29, 0.717) is 16.8 Å². The van der Waals surface area contributed by atoms with Crippen molar-refractivity contribution in [2.24, 2.45) is 0 Å². The number of nitrogens with zero attached hydrogens (tertiary/aromatic N) is 4. The number of aromatic nitrogens is 2. The summed E-state index contributed by atoms with van der Waals surface area (Å²) in [6.45, 7) is 6.33. The summed E-state index contributed by atoms with van der Waals surface area (Å²) in [5, 5.41) is 2.79. The lowest BCUT2D eigenvalue weighted by Crippen LogP contribution is -2.46. The number of aryl methyl sites for hydroxylation is 1. The monoisotopic (exact) mass is 443 g/mol. The van der Waals surface area contributed by atoms with Gasteiger partial charge in [0.1, 0.15) is 11.6 Å². The average molecular weight is 444 g/mol. The highest BCUT2D eigenvalue weighted by Gasteiger charge is 2.20. The van der Waals surface area contributed by atoms with Crippen LogP contribution < -0.4 is 10.2 Å². The highest BCUT2D eigenvalue weighted by molar-refractivity contribution is 6.04. The van der Waals surface area contributed by atoms with Gasteiger partial charge in [-0.2, -0.15) is 0 Å². The summed E-state index contributed by atoms with van der Waals surface area (Å²) < 4.78 is 15.9. The van der Waals surface area contributed by atoms with Gasteiger partial charge in [-0.15, -0.1) is 0 Å². The molecule has 4 aromatic rings. The highest BCUT2D eigenvalue weighted by Crippen LogP contribution is 2.23. The number of hydrogen-bond acceptors (Lipinski definition) is 4. The van der Waals surface area contributed by atoms with Crippen molar-refractivity contribution in [1.82, 2.24) is 14.3 Å². The second-order valence-electron chi connectivity index (χ2n) is 8.45. The minimum atomic E-state index is -0.335. The van der Waals surface area contributed by atoms with Crippen LogP contribution in [-0.2, 0) is 6.54 Å². The number of rotatable bonds is 5. The molecule has 1 aliphatic rings. The van der Waals surface area contributed by atoms with Crippen molar-refractivity contribution in [3.63, 3.8) is 0 Å². The van der Waals surface area contributed by atoms with Crippen molar-refractivity contribution in [3.8, 4) is 0 Å². The Morgan fingerprint density at radius 3 is 2.64 bits per heavy atom. The van der Waals surface area contributed by atoms with E-state index in [0.717, 1.165) is 44.1 Å². The fourth-order valence-corrected chi connectivity index (χ4v) is 4.24. The lowest BCUT2D eigenvalue weighted by atomic mass is 10.2. The van der Waals surface area contributed by atoms with Crippen LogP contribution in [0.1, 0.15) is 21.5 Å². The predicted octanol–water partition coefficient (Wildman–Crippen LogP) is 4.36. The van der Waals surface area contributed by atoms with Crippen molar-refractivity contribution < 1.29 is 9.18 Å². The van der Waals surface area contributed by atoms with E-state index in [1.165, 1.54) is 11.6 Å². The molecule has 0 spiro atoms. The van der Waals surface area contributed by atoms with Gasteiger partial charge in [-0.05, 0) is 60.5 Å². The predicted molar refractivity (Wildman–Crippen MR) is 128 cm³/mol. The zero-order valence-corrected chi connectivity index (χ0v) is 18.5. The van der Waals surface area contributed by atoms with Gasteiger partial charge in [-0.25, -0.2) is 4.39 Å². The molecule has 33 heavy (non-hydrogen) atoms. The van der Waals surface area contributed by atoms with E-state index in [1.54, 1.807) is 31.3 Å². The normalized spacial score (nSPS) is 14.5. The molecule has 1 N–H and O–H groups in total. The molecule has 0 aliphatic carbocycles. The number of pyridine rings is 2. The number of carbonyl (C=O) groups is 1. The Labute approximate surface area is 192 Å². The third-order valence-corrected chi connectivity index (χ3v) is 6.15. The Kier molecular flexibility index (Phi) is 5.79. The van der Waals surface area contributed by atoms with E-state index in [9.17, 15) is 9.18 Å². The topological polar surface area (TPSA) is 52.9 Å². The first-order chi connectivity index (χ1) is 16.1.